The van der Waals surface area contributed by atoms with Crippen LogP contribution in [0.2, 0.25) is 0 Å². The highest BCUT2D eigenvalue weighted by atomic mass is 16.6. The normalized spacial score (nSPS) is 15.3. The van der Waals surface area contributed by atoms with Gasteiger partial charge in [-0.1, -0.05) is 13.8 Å². The zero-order valence-electron chi connectivity index (χ0n) is 8.14. The van der Waals surface area contributed by atoms with E-state index in [4.69, 9.17) is 9.47 Å². The van der Waals surface area contributed by atoms with E-state index in [1.165, 1.54) is 0 Å². The molecule has 1 fully saturated rings. The first-order valence-electron chi connectivity index (χ1n) is 4.15. The molecule has 3 nitrogen and oxygen atoms in total. The lowest BCUT2D eigenvalue weighted by Crippen LogP contribution is -2.16. The monoisotopic (exact) mass is 163 g/mol. The Kier molecular flexibility index (Phi) is 20.2. The summed E-state index contributed by atoms with van der Waals surface area (Å²) in [5.74, 6) is 0. The van der Waals surface area contributed by atoms with Crippen LogP contribution in [0.3, 0.4) is 0 Å². The van der Waals surface area contributed by atoms with Crippen molar-refractivity contribution in [3.05, 3.63) is 0 Å². The Labute approximate surface area is 70.1 Å². The van der Waals surface area contributed by atoms with Gasteiger partial charge in [-0.25, -0.2) is 0 Å². The molecule has 3 heteroatoms. The third kappa shape index (κ3) is 17.7. The molecule has 0 atom stereocenters. The third-order valence-corrected chi connectivity index (χ3v) is 0.744. The number of hydrogen-bond acceptors (Lipinski definition) is 3. The lowest BCUT2D eigenvalue weighted by atomic mass is 10.6. The Hall–Kier alpha value is -0.120. The minimum atomic E-state index is 0.778. The zero-order chi connectivity index (χ0) is 8.95. The van der Waals surface area contributed by atoms with Crippen LogP contribution in [0.15, 0.2) is 0 Å². The van der Waals surface area contributed by atoms with E-state index < -0.39 is 0 Å². The maximum Gasteiger partial charge on any atom is 0.0701 e. The Morgan fingerprint density at radius 3 is 1.09 bits per heavy atom. The second-order valence-electron chi connectivity index (χ2n) is 1.72. The van der Waals surface area contributed by atoms with Gasteiger partial charge >= 0.3 is 0 Å². The molecule has 1 rings (SSSR count). The van der Waals surface area contributed by atoms with Gasteiger partial charge in [0.1, 0.15) is 0 Å². The summed E-state index contributed by atoms with van der Waals surface area (Å²) in [6.07, 6.45) is 0. The average Bonchev–Trinajstić information content (AvgIpc) is 2.12. The van der Waals surface area contributed by atoms with Crippen molar-refractivity contribution in [3.8, 4) is 0 Å². The molecule has 1 saturated heterocycles. The summed E-state index contributed by atoms with van der Waals surface area (Å²) in [7, 11) is 3.75. The molecule has 0 bridgehead atoms. The van der Waals surface area contributed by atoms with E-state index in [1.54, 1.807) is 0 Å². The van der Waals surface area contributed by atoms with Crippen molar-refractivity contribution in [3.63, 3.8) is 0 Å². The van der Waals surface area contributed by atoms with Gasteiger partial charge in [0.15, 0.2) is 0 Å². The Balaban J connectivity index is 0. The van der Waals surface area contributed by atoms with Crippen LogP contribution in [0.5, 0.6) is 0 Å². The second-order valence-corrected chi connectivity index (χ2v) is 1.72. The smallest absolute Gasteiger partial charge is 0.0701 e. The van der Waals surface area contributed by atoms with Crippen LogP contribution in [0, 0.1) is 0 Å². The van der Waals surface area contributed by atoms with Crippen molar-refractivity contribution >= 4 is 0 Å². The van der Waals surface area contributed by atoms with Crippen molar-refractivity contribution in [2.45, 2.75) is 13.8 Å². The summed E-state index contributed by atoms with van der Waals surface area (Å²) in [6, 6.07) is 0. The molecule has 0 spiro atoms. The fourth-order valence-corrected chi connectivity index (χ4v) is 0.440. The number of hydrogen-bond donors (Lipinski definition) is 1. The predicted octanol–water partition coefficient (Wildman–Crippen LogP) is 0.895. The number of nitrogens with one attached hydrogen (secondary N) is 1. The fraction of sp³-hybridized carbons (Fsp3) is 1.00. The van der Waals surface area contributed by atoms with E-state index in [2.05, 4.69) is 5.32 Å². The van der Waals surface area contributed by atoms with Gasteiger partial charge < -0.3 is 14.8 Å². The van der Waals surface area contributed by atoms with Crippen molar-refractivity contribution < 1.29 is 9.47 Å². The minimum Gasteiger partial charge on any atom is -0.377 e. The van der Waals surface area contributed by atoms with Gasteiger partial charge in [0, 0.05) is 0 Å². The summed E-state index contributed by atoms with van der Waals surface area (Å²) < 4.78 is 9.89. The van der Waals surface area contributed by atoms with Gasteiger partial charge in [-0.3, -0.25) is 0 Å². The molecule has 70 valence electrons. The standard InChI is InChI=1S/C4H8O2.C2H7N.C2H6/c1-2-6-4-3-5-1;1-3-2;1-2/h1-4H2;3H,1-2H3;1-2H3. The zero-order valence-corrected chi connectivity index (χ0v) is 8.14. The summed E-state index contributed by atoms with van der Waals surface area (Å²) in [5.41, 5.74) is 0. The molecule has 0 aliphatic carbocycles. The summed E-state index contributed by atoms with van der Waals surface area (Å²) in [5, 5.41) is 2.75. The maximum absolute atomic E-state index is 4.94. The SMILES string of the molecule is C1COCCO1.CC.CNC. The summed E-state index contributed by atoms with van der Waals surface area (Å²) >= 11 is 0. The van der Waals surface area contributed by atoms with E-state index in [9.17, 15) is 0 Å². The molecule has 11 heavy (non-hydrogen) atoms. The van der Waals surface area contributed by atoms with Crippen LogP contribution in [0.4, 0.5) is 0 Å². The summed E-state index contributed by atoms with van der Waals surface area (Å²) in [6.45, 7) is 7.11. The third-order valence-electron chi connectivity index (χ3n) is 0.744. The first-order chi connectivity index (χ1) is 5.41. The first kappa shape index (κ1) is 13.5. The Morgan fingerprint density at radius 2 is 1.00 bits per heavy atom. The van der Waals surface area contributed by atoms with E-state index >= 15 is 0 Å². The molecule has 1 heterocycles. The quantitative estimate of drug-likeness (QED) is 0.575. The molecule has 0 saturated carbocycles. The van der Waals surface area contributed by atoms with Crippen molar-refractivity contribution in [2.24, 2.45) is 0 Å². The van der Waals surface area contributed by atoms with E-state index in [0.29, 0.717) is 0 Å². The van der Waals surface area contributed by atoms with E-state index in [1.807, 2.05) is 27.9 Å². The highest BCUT2D eigenvalue weighted by Gasteiger charge is 1.94. The van der Waals surface area contributed by atoms with Gasteiger partial charge in [0.05, 0.1) is 26.4 Å². The number of rotatable bonds is 0. The largest absolute Gasteiger partial charge is 0.377 e. The molecule has 0 aromatic heterocycles. The predicted molar refractivity (Wildman–Crippen MR) is 48.0 cm³/mol. The van der Waals surface area contributed by atoms with Crippen LogP contribution in [0.25, 0.3) is 0 Å². The molecule has 0 unspecified atom stereocenters. The highest BCUT2D eigenvalue weighted by Crippen LogP contribution is 1.85. The van der Waals surface area contributed by atoms with Gasteiger partial charge in [-0.2, -0.15) is 0 Å². The Bertz CT molecular complexity index is 35.8. The minimum absolute atomic E-state index is 0.778. The van der Waals surface area contributed by atoms with E-state index in [-0.39, 0.29) is 0 Å². The number of ether oxygens (including phenoxy) is 2. The van der Waals surface area contributed by atoms with Crippen LogP contribution in [-0.2, 0) is 9.47 Å². The molecule has 0 radical (unpaired) electrons. The van der Waals surface area contributed by atoms with Gasteiger partial charge in [0.25, 0.3) is 0 Å². The van der Waals surface area contributed by atoms with Crippen LogP contribution in [0.1, 0.15) is 13.8 Å². The van der Waals surface area contributed by atoms with E-state index in [0.717, 1.165) is 26.4 Å². The van der Waals surface area contributed by atoms with Crippen LogP contribution >= 0.6 is 0 Å². The molecule has 0 amide bonds. The molecule has 0 aromatic rings. The maximum atomic E-state index is 4.94. The molecule has 1 aliphatic heterocycles. The molecule has 1 aliphatic rings. The summed E-state index contributed by atoms with van der Waals surface area (Å²) in [4.78, 5) is 0. The van der Waals surface area contributed by atoms with Gasteiger partial charge in [-0.15, -0.1) is 0 Å². The topological polar surface area (TPSA) is 30.5 Å². The molecular weight excluding hydrogens is 142 g/mol. The molecule has 1 N–H and O–H groups in total. The highest BCUT2D eigenvalue weighted by molar-refractivity contribution is 4.37. The molecule has 0 aromatic carbocycles. The first-order valence-corrected chi connectivity index (χ1v) is 4.15. The average molecular weight is 163 g/mol. The van der Waals surface area contributed by atoms with Crippen LogP contribution in [-0.4, -0.2) is 40.5 Å². The van der Waals surface area contributed by atoms with Crippen LogP contribution < -0.4 is 5.32 Å². The van der Waals surface area contributed by atoms with Gasteiger partial charge in [-0.05, 0) is 14.1 Å². The molecular formula is C8H21NO2. The second kappa shape index (κ2) is 16.5. The van der Waals surface area contributed by atoms with Crippen molar-refractivity contribution in [1.29, 1.82) is 0 Å². The fourth-order valence-electron chi connectivity index (χ4n) is 0.440. The van der Waals surface area contributed by atoms with Gasteiger partial charge in [0.2, 0.25) is 0 Å². The lowest BCUT2D eigenvalue weighted by Gasteiger charge is -2.09. The lowest BCUT2D eigenvalue weighted by molar-refractivity contribution is -0.0334. The van der Waals surface area contributed by atoms with Crippen molar-refractivity contribution in [2.75, 3.05) is 40.5 Å². The van der Waals surface area contributed by atoms with Crippen molar-refractivity contribution in [1.82, 2.24) is 5.32 Å². The Morgan fingerprint density at radius 1 is 0.818 bits per heavy atom.